The second-order valence-corrected chi connectivity index (χ2v) is 6.67. The van der Waals surface area contributed by atoms with Crippen LogP contribution in [0.15, 0.2) is 23.5 Å². The van der Waals surface area contributed by atoms with Crippen molar-refractivity contribution in [2.75, 3.05) is 12.3 Å². The van der Waals surface area contributed by atoms with Crippen LogP contribution >= 0.6 is 11.6 Å². The topological polar surface area (TPSA) is 71.9 Å². The van der Waals surface area contributed by atoms with Crippen LogP contribution in [0.5, 0.6) is 0 Å². The zero-order chi connectivity index (χ0) is 14.6. The van der Waals surface area contributed by atoms with Crippen LogP contribution in [0.25, 0.3) is 0 Å². The zero-order valence-corrected chi connectivity index (χ0v) is 12.7. The average molecular weight is 318 g/mol. The van der Waals surface area contributed by atoms with Crippen LogP contribution in [0.1, 0.15) is 25.3 Å². The Morgan fingerprint density at radius 1 is 1.50 bits per heavy atom. The molecular weight excluding hydrogens is 302 g/mol. The van der Waals surface area contributed by atoms with Crippen LogP contribution in [-0.4, -0.2) is 36.4 Å². The molecule has 1 aliphatic heterocycles. The van der Waals surface area contributed by atoms with Crippen molar-refractivity contribution in [3.63, 3.8) is 0 Å². The van der Waals surface area contributed by atoms with E-state index in [4.69, 9.17) is 11.6 Å². The molecule has 110 valence electrons. The zero-order valence-electron chi connectivity index (χ0n) is 11.1. The first-order chi connectivity index (χ1) is 9.50. The largest absolute Gasteiger partial charge is 0.353 e. The average Bonchev–Trinajstić information content (AvgIpc) is 2.87. The molecule has 1 aromatic heterocycles. The molecule has 1 aliphatic rings. The number of pyridine rings is 1. The SMILES string of the molecule is CCS(=O)(=O)O/N=C1\CCCN1Cc1ccc(Cl)nc1. The van der Waals surface area contributed by atoms with Gasteiger partial charge in [0.15, 0.2) is 0 Å². The van der Waals surface area contributed by atoms with E-state index in [9.17, 15) is 8.42 Å². The van der Waals surface area contributed by atoms with Gasteiger partial charge in [-0.3, -0.25) is 4.28 Å². The molecule has 0 atom stereocenters. The molecule has 0 amide bonds. The van der Waals surface area contributed by atoms with Gasteiger partial charge in [-0.05, 0) is 25.0 Å². The van der Waals surface area contributed by atoms with Crippen molar-refractivity contribution in [1.29, 1.82) is 0 Å². The summed E-state index contributed by atoms with van der Waals surface area (Å²) in [5, 5.41) is 4.21. The van der Waals surface area contributed by atoms with Gasteiger partial charge in [0.2, 0.25) is 0 Å². The van der Waals surface area contributed by atoms with E-state index in [0.717, 1.165) is 18.5 Å². The predicted molar refractivity (Wildman–Crippen MR) is 76.9 cm³/mol. The quantitative estimate of drug-likeness (QED) is 0.613. The normalized spacial score (nSPS) is 17.7. The molecule has 8 heteroatoms. The molecule has 0 aliphatic carbocycles. The number of halogens is 1. The predicted octanol–water partition coefficient (Wildman–Crippen LogP) is 2.01. The van der Waals surface area contributed by atoms with Gasteiger partial charge in [-0.15, -0.1) is 0 Å². The second-order valence-electron chi connectivity index (χ2n) is 4.44. The summed E-state index contributed by atoms with van der Waals surface area (Å²) in [5.74, 6) is 0.558. The van der Waals surface area contributed by atoms with E-state index >= 15 is 0 Å². The Bertz CT molecular complexity index is 586. The fourth-order valence-corrected chi connectivity index (χ4v) is 2.28. The summed E-state index contributed by atoms with van der Waals surface area (Å²) in [6, 6.07) is 3.61. The van der Waals surface area contributed by atoms with Gasteiger partial charge in [0.1, 0.15) is 11.0 Å². The molecule has 1 fully saturated rings. The summed E-state index contributed by atoms with van der Waals surface area (Å²) >= 11 is 5.74. The molecule has 0 saturated carbocycles. The van der Waals surface area contributed by atoms with Gasteiger partial charge < -0.3 is 4.90 Å². The van der Waals surface area contributed by atoms with Crippen LogP contribution < -0.4 is 0 Å². The van der Waals surface area contributed by atoms with Gasteiger partial charge in [0.05, 0.1) is 5.75 Å². The van der Waals surface area contributed by atoms with E-state index in [0.29, 0.717) is 24.0 Å². The van der Waals surface area contributed by atoms with Crippen molar-refractivity contribution in [3.05, 3.63) is 29.0 Å². The molecule has 2 rings (SSSR count). The number of hydrogen-bond donors (Lipinski definition) is 0. The molecule has 0 N–H and O–H groups in total. The Labute approximate surface area is 123 Å². The molecule has 20 heavy (non-hydrogen) atoms. The summed E-state index contributed by atoms with van der Waals surface area (Å²) in [6.45, 7) is 2.94. The number of hydrogen-bond acceptors (Lipinski definition) is 5. The Hall–Kier alpha value is -1.34. The van der Waals surface area contributed by atoms with Gasteiger partial charge in [-0.1, -0.05) is 22.8 Å². The van der Waals surface area contributed by atoms with Crippen LogP contribution in [-0.2, 0) is 20.9 Å². The van der Waals surface area contributed by atoms with Gasteiger partial charge in [-0.2, -0.15) is 8.42 Å². The van der Waals surface area contributed by atoms with Gasteiger partial charge in [-0.25, -0.2) is 4.98 Å². The Balaban J connectivity index is 2.04. The van der Waals surface area contributed by atoms with E-state index in [-0.39, 0.29) is 5.75 Å². The van der Waals surface area contributed by atoms with Crippen molar-refractivity contribution in [1.82, 2.24) is 9.88 Å². The highest BCUT2D eigenvalue weighted by molar-refractivity contribution is 7.86. The maximum atomic E-state index is 11.3. The van der Waals surface area contributed by atoms with Gasteiger partial charge >= 0.3 is 10.1 Å². The van der Waals surface area contributed by atoms with E-state index in [1.54, 1.807) is 12.3 Å². The van der Waals surface area contributed by atoms with Crippen molar-refractivity contribution >= 4 is 27.6 Å². The molecule has 2 heterocycles. The number of oxime groups is 1. The summed E-state index contributed by atoms with van der Waals surface area (Å²) in [7, 11) is -3.55. The highest BCUT2D eigenvalue weighted by Crippen LogP contribution is 2.16. The first-order valence-electron chi connectivity index (χ1n) is 6.34. The van der Waals surface area contributed by atoms with Crippen LogP contribution in [0.3, 0.4) is 0 Å². The smallest absolute Gasteiger partial charge is 0.328 e. The number of rotatable bonds is 5. The maximum Gasteiger partial charge on any atom is 0.328 e. The van der Waals surface area contributed by atoms with Crippen molar-refractivity contribution in [2.24, 2.45) is 5.16 Å². The van der Waals surface area contributed by atoms with Crippen LogP contribution in [0.2, 0.25) is 5.15 Å². The van der Waals surface area contributed by atoms with Crippen molar-refractivity contribution in [3.8, 4) is 0 Å². The third kappa shape index (κ3) is 4.08. The molecular formula is C12H16ClN3O3S. The molecule has 0 spiro atoms. The standard InChI is InChI=1S/C12H16ClN3O3S/c1-2-20(17,18)19-15-12-4-3-7-16(12)9-10-5-6-11(13)14-8-10/h5-6,8H,2-4,7,9H2,1H3/b15-12+. The first kappa shape index (κ1) is 15.1. The van der Waals surface area contributed by atoms with Crippen molar-refractivity contribution < 1.29 is 12.7 Å². The van der Waals surface area contributed by atoms with Crippen LogP contribution in [0, 0.1) is 0 Å². The molecule has 1 saturated heterocycles. The Morgan fingerprint density at radius 2 is 2.30 bits per heavy atom. The second kappa shape index (κ2) is 6.41. The third-order valence-corrected chi connectivity index (χ3v) is 4.20. The van der Waals surface area contributed by atoms with E-state index < -0.39 is 10.1 Å². The minimum atomic E-state index is -3.55. The fourth-order valence-electron chi connectivity index (χ4n) is 1.86. The lowest BCUT2D eigenvalue weighted by Gasteiger charge is -2.17. The third-order valence-electron chi connectivity index (χ3n) is 2.97. The molecule has 0 unspecified atom stereocenters. The number of amidine groups is 1. The summed E-state index contributed by atoms with van der Waals surface area (Å²) < 4.78 is 27.2. The minimum Gasteiger partial charge on any atom is -0.353 e. The maximum absolute atomic E-state index is 11.3. The number of nitrogens with zero attached hydrogens (tertiary/aromatic N) is 3. The fraction of sp³-hybridized carbons (Fsp3) is 0.500. The lowest BCUT2D eigenvalue weighted by molar-refractivity contribution is 0.325. The van der Waals surface area contributed by atoms with E-state index in [1.165, 1.54) is 6.92 Å². The van der Waals surface area contributed by atoms with E-state index in [1.807, 2.05) is 11.0 Å². The molecule has 1 aromatic rings. The summed E-state index contributed by atoms with van der Waals surface area (Å²) in [6.07, 6.45) is 3.33. The van der Waals surface area contributed by atoms with E-state index in [2.05, 4.69) is 14.4 Å². The van der Waals surface area contributed by atoms with Gasteiger partial charge in [0, 0.05) is 25.7 Å². The van der Waals surface area contributed by atoms with Gasteiger partial charge in [0.25, 0.3) is 0 Å². The number of aromatic nitrogens is 1. The minimum absolute atomic E-state index is 0.0924. The molecule has 0 aromatic carbocycles. The number of likely N-dealkylation sites (tertiary alicyclic amines) is 1. The Morgan fingerprint density at radius 3 is 2.95 bits per heavy atom. The summed E-state index contributed by atoms with van der Waals surface area (Å²) in [5.41, 5.74) is 0.988. The molecule has 0 radical (unpaired) electrons. The molecule has 6 nitrogen and oxygen atoms in total. The van der Waals surface area contributed by atoms with Crippen LogP contribution in [0.4, 0.5) is 0 Å². The monoisotopic (exact) mass is 317 g/mol. The highest BCUT2D eigenvalue weighted by Gasteiger charge is 2.20. The highest BCUT2D eigenvalue weighted by atomic mass is 35.5. The lowest BCUT2D eigenvalue weighted by atomic mass is 10.3. The molecule has 0 bridgehead atoms. The van der Waals surface area contributed by atoms with Crippen molar-refractivity contribution in [2.45, 2.75) is 26.3 Å². The summed E-state index contributed by atoms with van der Waals surface area (Å²) in [4.78, 5) is 6.00. The lowest BCUT2D eigenvalue weighted by Crippen LogP contribution is -2.25. The Kier molecular flexibility index (Phi) is 4.82. The first-order valence-corrected chi connectivity index (χ1v) is 8.29.